The minimum atomic E-state index is -3.59. The van der Waals surface area contributed by atoms with Crippen LogP contribution in [0.25, 0.3) is 10.8 Å². The smallest absolute Gasteiger partial charge is 0.321 e. The largest absolute Gasteiger partial charge is 0.322 e. The van der Waals surface area contributed by atoms with Crippen LogP contribution in [0.5, 0.6) is 0 Å². The van der Waals surface area contributed by atoms with E-state index in [4.69, 9.17) is 0 Å². The summed E-state index contributed by atoms with van der Waals surface area (Å²) >= 11 is 0. The van der Waals surface area contributed by atoms with Gasteiger partial charge in [0.25, 0.3) is 0 Å². The highest BCUT2D eigenvalue weighted by molar-refractivity contribution is 7.89. The number of hydrogen-bond donors (Lipinski definition) is 1. The minimum absolute atomic E-state index is 0.214. The van der Waals surface area contributed by atoms with Crippen LogP contribution in [0.3, 0.4) is 0 Å². The Labute approximate surface area is 164 Å². The Morgan fingerprint density at radius 1 is 0.786 bits per heavy atom. The lowest BCUT2D eigenvalue weighted by Gasteiger charge is -2.34. The Morgan fingerprint density at radius 3 is 2.14 bits per heavy atom. The molecular formula is C21H21N3O3S. The van der Waals surface area contributed by atoms with E-state index in [0.717, 1.165) is 16.5 Å². The minimum Gasteiger partial charge on any atom is -0.322 e. The molecule has 1 N–H and O–H groups in total. The van der Waals surface area contributed by atoms with Crippen LogP contribution in [0.4, 0.5) is 10.5 Å². The molecular weight excluding hydrogens is 374 g/mol. The first kappa shape index (κ1) is 18.5. The maximum atomic E-state index is 13.0. The summed E-state index contributed by atoms with van der Waals surface area (Å²) in [4.78, 5) is 14.3. The predicted molar refractivity (Wildman–Crippen MR) is 110 cm³/mol. The van der Waals surface area contributed by atoms with Gasteiger partial charge in [0, 0.05) is 31.9 Å². The topological polar surface area (TPSA) is 69.7 Å². The standard InChI is InChI=1S/C21H21N3O3S/c25-21(22-19-8-2-1-3-9-19)23-12-14-24(15-13-23)28(26,27)20-11-10-17-6-4-5-7-18(17)16-20/h1-11,16H,12-15H2,(H,22,25). The van der Waals surface area contributed by atoms with Crippen molar-refractivity contribution in [2.24, 2.45) is 0 Å². The van der Waals surface area contributed by atoms with Crippen LogP contribution < -0.4 is 5.32 Å². The number of piperazine rings is 1. The zero-order valence-electron chi connectivity index (χ0n) is 15.3. The molecule has 1 aliphatic heterocycles. The average molecular weight is 395 g/mol. The van der Waals surface area contributed by atoms with Crippen LogP contribution in [0.15, 0.2) is 77.7 Å². The van der Waals surface area contributed by atoms with Crippen LogP contribution in [-0.2, 0) is 10.0 Å². The van der Waals surface area contributed by atoms with Gasteiger partial charge < -0.3 is 10.2 Å². The van der Waals surface area contributed by atoms with Gasteiger partial charge in [-0.1, -0.05) is 48.5 Å². The molecule has 144 valence electrons. The van der Waals surface area contributed by atoms with Crippen molar-refractivity contribution in [3.8, 4) is 0 Å². The van der Waals surface area contributed by atoms with Crippen LogP contribution in [0.1, 0.15) is 0 Å². The number of anilines is 1. The van der Waals surface area contributed by atoms with Crippen molar-refractivity contribution >= 4 is 32.5 Å². The number of nitrogens with zero attached hydrogens (tertiary/aromatic N) is 2. The second kappa shape index (κ2) is 7.61. The van der Waals surface area contributed by atoms with E-state index in [-0.39, 0.29) is 24.0 Å². The summed E-state index contributed by atoms with van der Waals surface area (Å²) in [6, 6.07) is 21.9. The van der Waals surface area contributed by atoms with Crippen molar-refractivity contribution in [1.29, 1.82) is 0 Å². The van der Waals surface area contributed by atoms with Crippen molar-refractivity contribution in [2.45, 2.75) is 4.90 Å². The van der Waals surface area contributed by atoms with Crippen LogP contribution in [0, 0.1) is 0 Å². The van der Waals surface area contributed by atoms with Crippen molar-refractivity contribution < 1.29 is 13.2 Å². The molecule has 0 aromatic heterocycles. The first-order valence-electron chi connectivity index (χ1n) is 9.14. The van der Waals surface area contributed by atoms with Crippen molar-refractivity contribution in [2.75, 3.05) is 31.5 Å². The lowest BCUT2D eigenvalue weighted by atomic mass is 10.1. The molecule has 1 saturated heterocycles. The Hall–Kier alpha value is -2.90. The van der Waals surface area contributed by atoms with Gasteiger partial charge in [0.05, 0.1) is 4.90 Å². The van der Waals surface area contributed by atoms with Crippen molar-refractivity contribution in [3.63, 3.8) is 0 Å². The van der Waals surface area contributed by atoms with Gasteiger partial charge in [0.1, 0.15) is 0 Å². The van der Waals surface area contributed by atoms with E-state index in [9.17, 15) is 13.2 Å². The van der Waals surface area contributed by atoms with E-state index in [1.54, 1.807) is 17.0 Å². The van der Waals surface area contributed by atoms with Gasteiger partial charge in [-0.2, -0.15) is 4.31 Å². The Morgan fingerprint density at radius 2 is 1.43 bits per heavy atom. The van der Waals surface area contributed by atoms with Gasteiger partial charge in [-0.3, -0.25) is 0 Å². The second-order valence-corrected chi connectivity index (χ2v) is 8.63. The van der Waals surface area contributed by atoms with Gasteiger partial charge in [0.15, 0.2) is 0 Å². The number of hydrogen-bond acceptors (Lipinski definition) is 3. The summed E-state index contributed by atoms with van der Waals surface area (Å²) in [5.41, 5.74) is 0.721. The zero-order chi connectivity index (χ0) is 19.6. The highest BCUT2D eigenvalue weighted by Gasteiger charge is 2.30. The highest BCUT2D eigenvalue weighted by atomic mass is 32.2. The molecule has 0 atom stereocenters. The van der Waals surface area contributed by atoms with Crippen LogP contribution in [0.2, 0.25) is 0 Å². The van der Waals surface area contributed by atoms with Gasteiger partial charge in [-0.15, -0.1) is 0 Å². The molecule has 0 saturated carbocycles. The van der Waals surface area contributed by atoms with Gasteiger partial charge >= 0.3 is 6.03 Å². The molecule has 1 fully saturated rings. The maximum Gasteiger partial charge on any atom is 0.321 e. The molecule has 0 unspecified atom stereocenters. The molecule has 3 aromatic carbocycles. The molecule has 2 amide bonds. The first-order chi connectivity index (χ1) is 13.5. The normalized spacial score (nSPS) is 15.5. The molecule has 6 nitrogen and oxygen atoms in total. The number of rotatable bonds is 3. The highest BCUT2D eigenvalue weighted by Crippen LogP contribution is 2.23. The number of para-hydroxylation sites is 1. The van der Waals surface area contributed by atoms with Gasteiger partial charge in [0.2, 0.25) is 10.0 Å². The molecule has 28 heavy (non-hydrogen) atoms. The van der Waals surface area contributed by atoms with E-state index >= 15 is 0 Å². The third-order valence-electron chi connectivity index (χ3n) is 4.91. The SMILES string of the molecule is O=C(Nc1ccccc1)N1CCN(S(=O)(=O)c2ccc3ccccc3c2)CC1. The van der Waals surface area contributed by atoms with E-state index in [2.05, 4.69) is 5.32 Å². The Bertz CT molecular complexity index is 1090. The van der Waals surface area contributed by atoms with Gasteiger partial charge in [-0.05, 0) is 35.0 Å². The third-order valence-corrected chi connectivity index (χ3v) is 6.80. The first-order valence-corrected chi connectivity index (χ1v) is 10.6. The van der Waals surface area contributed by atoms with E-state index in [1.807, 2.05) is 60.7 Å². The van der Waals surface area contributed by atoms with Crippen LogP contribution in [-0.4, -0.2) is 49.8 Å². The van der Waals surface area contributed by atoms with Gasteiger partial charge in [-0.25, -0.2) is 13.2 Å². The number of urea groups is 1. The predicted octanol–water partition coefficient (Wildman–Crippen LogP) is 3.38. The molecule has 4 rings (SSSR count). The number of fused-ring (bicyclic) bond motifs is 1. The molecule has 0 bridgehead atoms. The average Bonchev–Trinajstić information content (AvgIpc) is 2.74. The molecule has 0 spiro atoms. The summed E-state index contributed by atoms with van der Waals surface area (Å²) in [6.45, 7) is 1.26. The molecule has 7 heteroatoms. The Balaban J connectivity index is 1.44. The number of nitrogens with one attached hydrogen (secondary N) is 1. The summed E-state index contributed by atoms with van der Waals surface area (Å²) in [5, 5.41) is 4.73. The quantitative estimate of drug-likeness (QED) is 0.739. The molecule has 0 aliphatic carbocycles. The van der Waals surface area contributed by atoms with Crippen molar-refractivity contribution in [1.82, 2.24) is 9.21 Å². The fourth-order valence-corrected chi connectivity index (χ4v) is 4.79. The number of amides is 2. The maximum absolute atomic E-state index is 13.0. The van der Waals surface area contributed by atoms with Crippen LogP contribution >= 0.6 is 0 Å². The van der Waals surface area contributed by atoms with E-state index in [1.165, 1.54) is 4.31 Å². The number of carbonyl (C=O) groups excluding carboxylic acids is 1. The summed E-state index contributed by atoms with van der Waals surface area (Å²) in [7, 11) is -3.59. The number of sulfonamides is 1. The fraction of sp³-hybridized carbons (Fsp3) is 0.190. The second-order valence-electron chi connectivity index (χ2n) is 6.70. The molecule has 3 aromatic rings. The van der Waals surface area contributed by atoms with E-state index in [0.29, 0.717) is 13.1 Å². The fourth-order valence-electron chi connectivity index (χ4n) is 3.33. The lowest BCUT2D eigenvalue weighted by Crippen LogP contribution is -2.51. The van der Waals surface area contributed by atoms with Crippen molar-refractivity contribution in [3.05, 3.63) is 72.8 Å². The zero-order valence-corrected chi connectivity index (χ0v) is 16.1. The van der Waals surface area contributed by atoms with E-state index < -0.39 is 10.0 Å². The monoisotopic (exact) mass is 395 g/mol. The summed E-state index contributed by atoms with van der Waals surface area (Å²) in [5.74, 6) is 0. The molecule has 1 aliphatic rings. The summed E-state index contributed by atoms with van der Waals surface area (Å²) < 4.78 is 27.5. The lowest BCUT2D eigenvalue weighted by molar-refractivity contribution is 0.184. The molecule has 1 heterocycles. The summed E-state index contributed by atoms with van der Waals surface area (Å²) in [6.07, 6.45) is 0. The third kappa shape index (κ3) is 3.72. The number of benzene rings is 3. The number of carbonyl (C=O) groups is 1. The molecule has 0 radical (unpaired) electrons. The Kier molecular flexibility index (Phi) is 5.02.